The summed E-state index contributed by atoms with van der Waals surface area (Å²) in [5.74, 6) is -0.246. The number of amides is 1. The minimum Gasteiger partial charge on any atom is -0.312 e. The average Bonchev–Trinajstić information content (AvgIpc) is 3.13. The van der Waals surface area contributed by atoms with Crippen LogP contribution in [0.2, 0.25) is 0 Å². The van der Waals surface area contributed by atoms with Gasteiger partial charge < -0.3 is 4.90 Å². The van der Waals surface area contributed by atoms with Gasteiger partial charge in [0.15, 0.2) is 0 Å². The lowest BCUT2D eigenvalue weighted by Crippen LogP contribution is -2.32. The number of aromatic nitrogens is 4. The predicted molar refractivity (Wildman–Crippen MR) is 104 cm³/mol. The third-order valence-electron chi connectivity index (χ3n) is 4.26. The molecule has 0 fully saturated rings. The largest absolute Gasteiger partial charge is 0.312 e. The first kappa shape index (κ1) is 19.0. The lowest BCUT2D eigenvalue weighted by Gasteiger charge is -2.20. The molecule has 2 aromatic carbocycles. The minimum absolute atomic E-state index is 0.0938. The second kappa shape index (κ2) is 8.30. The molecular weight excluding hydrogens is 365 g/mol. The number of aryl methyl sites for hydroxylation is 2. The van der Waals surface area contributed by atoms with Crippen molar-refractivity contribution in [1.82, 2.24) is 20.2 Å². The van der Waals surface area contributed by atoms with Crippen LogP contribution in [0, 0.1) is 19.7 Å². The lowest BCUT2D eigenvalue weighted by atomic mass is 10.1. The second-order valence-electron chi connectivity index (χ2n) is 6.04. The molecule has 1 heterocycles. The van der Waals surface area contributed by atoms with Crippen molar-refractivity contribution in [2.75, 3.05) is 17.2 Å². The topological polar surface area (TPSA) is 63.9 Å². The number of hydrogen-bond donors (Lipinski definition) is 0. The van der Waals surface area contributed by atoms with Gasteiger partial charge in [0.05, 0.1) is 11.4 Å². The molecule has 1 aromatic heterocycles. The summed E-state index contributed by atoms with van der Waals surface area (Å²) in [4.78, 5) is 14.2. The maximum Gasteiger partial charge on any atom is 0.237 e. The number of hydrogen-bond acceptors (Lipinski definition) is 5. The fraction of sp³-hybridized carbons (Fsp3) is 0.263. The van der Waals surface area contributed by atoms with Gasteiger partial charge >= 0.3 is 0 Å². The molecule has 3 rings (SSSR count). The standard InChI is InChI=1S/C19H20FN5OS/c1-4-24(16-9-6-15(20)7-10-16)18(26)12-27-19-21-22-23-25(19)17-8-5-13(2)14(3)11-17/h5-11H,4,12H2,1-3H3. The van der Waals surface area contributed by atoms with Crippen molar-refractivity contribution in [2.45, 2.75) is 25.9 Å². The Kier molecular flexibility index (Phi) is 5.85. The number of tetrazole rings is 1. The van der Waals surface area contributed by atoms with Gasteiger partial charge in [-0.3, -0.25) is 4.79 Å². The number of carbonyl (C=O) groups excluding carboxylic acids is 1. The van der Waals surface area contributed by atoms with Crippen molar-refractivity contribution in [3.63, 3.8) is 0 Å². The highest BCUT2D eigenvalue weighted by Crippen LogP contribution is 2.22. The Hall–Kier alpha value is -2.74. The summed E-state index contributed by atoms with van der Waals surface area (Å²) in [5.41, 5.74) is 3.85. The Bertz CT molecular complexity index is 942. The summed E-state index contributed by atoms with van der Waals surface area (Å²) in [7, 11) is 0. The van der Waals surface area contributed by atoms with E-state index in [1.165, 1.54) is 29.5 Å². The predicted octanol–water partition coefficient (Wildman–Crippen LogP) is 3.56. The van der Waals surface area contributed by atoms with Crippen molar-refractivity contribution in [2.24, 2.45) is 0 Å². The minimum atomic E-state index is -0.329. The Morgan fingerprint density at radius 3 is 2.56 bits per heavy atom. The second-order valence-corrected chi connectivity index (χ2v) is 6.99. The quantitative estimate of drug-likeness (QED) is 0.607. The molecule has 0 saturated carbocycles. The van der Waals surface area contributed by atoms with Crippen LogP contribution >= 0.6 is 11.8 Å². The first-order valence-electron chi connectivity index (χ1n) is 8.54. The summed E-state index contributed by atoms with van der Waals surface area (Å²) >= 11 is 1.27. The molecule has 27 heavy (non-hydrogen) atoms. The molecule has 0 aliphatic rings. The van der Waals surface area contributed by atoms with Gasteiger partial charge in [-0.15, -0.1) is 5.10 Å². The fourth-order valence-electron chi connectivity index (χ4n) is 2.62. The smallest absolute Gasteiger partial charge is 0.237 e. The van der Waals surface area contributed by atoms with Crippen LogP contribution in [-0.2, 0) is 4.79 Å². The van der Waals surface area contributed by atoms with Gasteiger partial charge in [-0.2, -0.15) is 4.68 Å². The van der Waals surface area contributed by atoms with E-state index < -0.39 is 0 Å². The van der Waals surface area contributed by atoms with Crippen molar-refractivity contribution >= 4 is 23.4 Å². The summed E-state index contributed by atoms with van der Waals surface area (Å²) in [5, 5.41) is 12.3. The zero-order chi connectivity index (χ0) is 19.4. The highest BCUT2D eigenvalue weighted by atomic mass is 32.2. The Morgan fingerprint density at radius 2 is 1.89 bits per heavy atom. The van der Waals surface area contributed by atoms with Gasteiger partial charge in [0.2, 0.25) is 11.1 Å². The Labute approximate surface area is 161 Å². The maximum absolute atomic E-state index is 13.1. The molecule has 0 aliphatic carbocycles. The van der Waals surface area contributed by atoms with Crippen LogP contribution in [0.15, 0.2) is 47.6 Å². The van der Waals surface area contributed by atoms with Crippen molar-refractivity contribution in [3.05, 3.63) is 59.4 Å². The molecule has 8 heteroatoms. The van der Waals surface area contributed by atoms with Crippen molar-refractivity contribution in [1.29, 1.82) is 0 Å². The highest BCUT2D eigenvalue weighted by Gasteiger charge is 2.17. The van der Waals surface area contributed by atoms with E-state index in [0.717, 1.165) is 11.3 Å². The van der Waals surface area contributed by atoms with Crippen LogP contribution in [0.4, 0.5) is 10.1 Å². The molecule has 0 unspecified atom stereocenters. The lowest BCUT2D eigenvalue weighted by molar-refractivity contribution is -0.116. The molecule has 0 spiro atoms. The van der Waals surface area contributed by atoms with Gasteiger partial charge in [-0.25, -0.2) is 4.39 Å². The zero-order valence-electron chi connectivity index (χ0n) is 15.4. The van der Waals surface area contributed by atoms with Gasteiger partial charge in [-0.05, 0) is 78.7 Å². The summed E-state index contributed by atoms with van der Waals surface area (Å²) < 4.78 is 14.7. The van der Waals surface area contributed by atoms with Crippen LogP contribution < -0.4 is 4.90 Å². The number of thioether (sulfide) groups is 1. The van der Waals surface area contributed by atoms with Crippen molar-refractivity contribution < 1.29 is 9.18 Å². The first-order chi connectivity index (χ1) is 13.0. The van der Waals surface area contributed by atoms with E-state index >= 15 is 0 Å². The van der Waals surface area contributed by atoms with Crippen LogP contribution in [0.5, 0.6) is 0 Å². The molecule has 0 atom stereocenters. The van der Waals surface area contributed by atoms with Crippen LogP contribution in [0.25, 0.3) is 5.69 Å². The van der Waals surface area contributed by atoms with E-state index in [1.54, 1.807) is 21.7 Å². The molecule has 1 amide bonds. The van der Waals surface area contributed by atoms with Gasteiger partial charge in [0.1, 0.15) is 5.82 Å². The third-order valence-corrected chi connectivity index (χ3v) is 5.16. The van der Waals surface area contributed by atoms with E-state index in [4.69, 9.17) is 0 Å². The summed E-state index contributed by atoms with van der Waals surface area (Å²) in [6, 6.07) is 11.9. The van der Waals surface area contributed by atoms with E-state index in [0.29, 0.717) is 17.4 Å². The van der Waals surface area contributed by atoms with E-state index in [2.05, 4.69) is 15.5 Å². The van der Waals surface area contributed by atoms with E-state index in [-0.39, 0.29) is 17.5 Å². The molecule has 0 aliphatic heterocycles. The number of carbonyl (C=O) groups is 1. The van der Waals surface area contributed by atoms with Crippen LogP contribution in [0.1, 0.15) is 18.1 Å². The average molecular weight is 385 g/mol. The molecule has 0 saturated heterocycles. The number of halogens is 1. The molecule has 0 N–H and O–H groups in total. The molecule has 0 bridgehead atoms. The van der Waals surface area contributed by atoms with E-state index in [9.17, 15) is 9.18 Å². The molecule has 0 radical (unpaired) electrons. The SMILES string of the molecule is CCN(C(=O)CSc1nnnn1-c1ccc(C)c(C)c1)c1ccc(F)cc1. The number of nitrogens with zero attached hydrogens (tertiary/aromatic N) is 5. The summed E-state index contributed by atoms with van der Waals surface area (Å²) in [6.07, 6.45) is 0. The van der Waals surface area contributed by atoms with E-state index in [1.807, 2.05) is 39.0 Å². The van der Waals surface area contributed by atoms with Crippen molar-refractivity contribution in [3.8, 4) is 5.69 Å². The Morgan fingerprint density at radius 1 is 1.15 bits per heavy atom. The maximum atomic E-state index is 13.1. The normalized spacial score (nSPS) is 10.8. The van der Waals surface area contributed by atoms with Gasteiger partial charge in [0.25, 0.3) is 0 Å². The first-order valence-corrected chi connectivity index (χ1v) is 9.53. The van der Waals surface area contributed by atoms with Gasteiger partial charge in [0, 0.05) is 12.2 Å². The molecule has 3 aromatic rings. The molecule has 140 valence electrons. The number of benzene rings is 2. The number of anilines is 1. The number of rotatable bonds is 6. The molecule has 6 nitrogen and oxygen atoms in total. The third kappa shape index (κ3) is 4.33. The van der Waals surface area contributed by atoms with Crippen LogP contribution in [-0.4, -0.2) is 38.4 Å². The fourth-order valence-corrected chi connectivity index (χ4v) is 3.38. The summed E-state index contributed by atoms with van der Waals surface area (Å²) in [6.45, 7) is 6.45. The zero-order valence-corrected chi connectivity index (χ0v) is 16.2. The van der Waals surface area contributed by atoms with Crippen LogP contribution in [0.3, 0.4) is 0 Å². The monoisotopic (exact) mass is 385 g/mol. The Balaban J connectivity index is 1.73. The van der Waals surface area contributed by atoms with Gasteiger partial charge in [-0.1, -0.05) is 17.8 Å². The highest BCUT2D eigenvalue weighted by molar-refractivity contribution is 7.99. The molecular formula is C19H20FN5OS.